The summed E-state index contributed by atoms with van der Waals surface area (Å²) in [4.78, 5) is 27.9. The van der Waals surface area contributed by atoms with Gasteiger partial charge in [-0.05, 0) is 24.6 Å². The van der Waals surface area contributed by atoms with Crippen LogP contribution in [-0.4, -0.2) is 16.8 Å². The fourth-order valence-corrected chi connectivity index (χ4v) is 2.62. The summed E-state index contributed by atoms with van der Waals surface area (Å²) >= 11 is 0. The van der Waals surface area contributed by atoms with Crippen LogP contribution in [0.3, 0.4) is 0 Å². The van der Waals surface area contributed by atoms with Gasteiger partial charge in [-0.3, -0.25) is 14.9 Å². The zero-order chi connectivity index (χ0) is 16.8. The Morgan fingerprint density at radius 1 is 1.04 bits per heavy atom. The fraction of sp³-hybridized carbons (Fsp3) is 0.188. The van der Waals surface area contributed by atoms with Crippen molar-refractivity contribution in [2.45, 2.75) is 18.5 Å². The van der Waals surface area contributed by atoms with Gasteiger partial charge in [-0.2, -0.15) is 13.2 Å². The third kappa shape index (κ3) is 2.28. The van der Waals surface area contributed by atoms with Crippen LogP contribution in [-0.2, 0) is 16.4 Å². The number of imide groups is 1. The van der Waals surface area contributed by atoms with Crippen molar-refractivity contribution in [3.8, 4) is 0 Å². The molecule has 1 aromatic carbocycles. The summed E-state index contributed by atoms with van der Waals surface area (Å²) in [6.45, 7) is 1.45. The summed E-state index contributed by atoms with van der Waals surface area (Å²) in [5, 5.41) is 2.18. The quantitative estimate of drug-likeness (QED) is 0.822. The number of carbonyl (C=O) groups is 2. The maximum atomic E-state index is 13.0. The van der Waals surface area contributed by atoms with Gasteiger partial charge in [-0.15, -0.1) is 0 Å². The molecule has 2 heterocycles. The molecule has 4 nitrogen and oxygen atoms in total. The highest BCUT2D eigenvalue weighted by atomic mass is 19.4. The van der Waals surface area contributed by atoms with Crippen molar-refractivity contribution < 1.29 is 22.8 Å². The number of rotatable bonds is 1. The van der Waals surface area contributed by atoms with Crippen LogP contribution in [0.5, 0.6) is 0 Å². The van der Waals surface area contributed by atoms with Gasteiger partial charge in [0.15, 0.2) is 0 Å². The minimum atomic E-state index is -4.66. The first-order chi connectivity index (χ1) is 10.7. The largest absolute Gasteiger partial charge is 0.433 e. The summed E-state index contributed by atoms with van der Waals surface area (Å²) < 4.78 is 38.9. The van der Waals surface area contributed by atoms with Gasteiger partial charge in [0.2, 0.25) is 5.91 Å². The van der Waals surface area contributed by atoms with Crippen molar-refractivity contribution in [3.63, 3.8) is 0 Å². The van der Waals surface area contributed by atoms with Gasteiger partial charge >= 0.3 is 6.18 Å². The number of hydrogen-bond donors (Lipinski definition) is 1. The number of pyridine rings is 1. The van der Waals surface area contributed by atoms with E-state index in [1.165, 1.54) is 6.92 Å². The third-order valence-electron chi connectivity index (χ3n) is 3.94. The molecule has 2 amide bonds. The van der Waals surface area contributed by atoms with E-state index < -0.39 is 29.1 Å². The molecule has 1 unspecified atom stereocenters. The van der Waals surface area contributed by atoms with Crippen LogP contribution < -0.4 is 5.32 Å². The number of nitrogens with zero attached hydrogens (tertiary/aromatic N) is 1. The van der Waals surface area contributed by atoms with Crippen LogP contribution in [0, 0.1) is 0 Å². The Morgan fingerprint density at radius 2 is 1.70 bits per heavy atom. The van der Waals surface area contributed by atoms with Crippen LogP contribution in [0.1, 0.15) is 34.2 Å². The van der Waals surface area contributed by atoms with Gasteiger partial charge in [0, 0.05) is 0 Å². The van der Waals surface area contributed by atoms with Crippen LogP contribution in [0.2, 0.25) is 0 Å². The second-order valence-corrected chi connectivity index (χ2v) is 5.36. The first-order valence-corrected chi connectivity index (χ1v) is 6.74. The van der Waals surface area contributed by atoms with Crippen LogP contribution >= 0.6 is 0 Å². The highest BCUT2D eigenvalue weighted by Gasteiger charge is 2.47. The Labute approximate surface area is 129 Å². The van der Waals surface area contributed by atoms with Gasteiger partial charge in [0.25, 0.3) is 5.91 Å². The molecule has 0 bridgehead atoms. The topological polar surface area (TPSA) is 59.1 Å². The minimum Gasteiger partial charge on any atom is -0.291 e. The number of aromatic nitrogens is 1. The number of amides is 2. The van der Waals surface area contributed by atoms with Gasteiger partial charge in [-0.1, -0.05) is 30.3 Å². The van der Waals surface area contributed by atoms with Crippen LogP contribution in [0.15, 0.2) is 42.5 Å². The number of hydrogen-bond acceptors (Lipinski definition) is 3. The van der Waals surface area contributed by atoms with E-state index in [9.17, 15) is 22.8 Å². The van der Waals surface area contributed by atoms with Crippen molar-refractivity contribution in [1.82, 2.24) is 10.3 Å². The maximum absolute atomic E-state index is 13.0. The predicted octanol–water partition coefficient (Wildman–Crippen LogP) is 2.68. The Balaban J connectivity index is 2.30. The first kappa shape index (κ1) is 15.2. The van der Waals surface area contributed by atoms with Gasteiger partial charge in [0.05, 0.1) is 11.3 Å². The molecule has 0 radical (unpaired) electrons. The normalized spacial score (nSPS) is 20.9. The van der Waals surface area contributed by atoms with E-state index in [0.29, 0.717) is 5.56 Å². The monoisotopic (exact) mass is 320 g/mol. The standard InChI is InChI=1S/C16H11F3N2O2/c1-15(9-5-3-2-4-6-9)12-10(13(22)21-14(15)23)7-8-11(20-12)16(17,18)19/h2-8H,1H3,(H,21,22,23). The number of fused-ring (bicyclic) bond motifs is 1. The van der Waals surface area contributed by atoms with Crippen molar-refractivity contribution in [3.05, 3.63) is 65.0 Å². The SMILES string of the molecule is CC1(c2ccccc2)C(=O)NC(=O)c2ccc(C(F)(F)F)nc21. The van der Waals surface area contributed by atoms with Gasteiger partial charge in [0.1, 0.15) is 11.1 Å². The van der Waals surface area contributed by atoms with E-state index in [0.717, 1.165) is 12.1 Å². The maximum Gasteiger partial charge on any atom is 0.433 e. The molecule has 7 heteroatoms. The second-order valence-electron chi connectivity index (χ2n) is 5.36. The van der Waals surface area contributed by atoms with Gasteiger partial charge in [-0.25, -0.2) is 4.98 Å². The number of halogens is 3. The van der Waals surface area contributed by atoms with Crippen LogP contribution in [0.4, 0.5) is 13.2 Å². The summed E-state index contributed by atoms with van der Waals surface area (Å²) in [5.74, 6) is -1.45. The second kappa shape index (κ2) is 4.91. The van der Waals surface area contributed by atoms with Gasteiger partial charge < -0.3 is 0 Å². The average molecular weight is 320 g/mol. The van der Waals surface area contributed by atoms with E-state index >= 15 is 0 Å². The first-order valence-electron chi connectivity index (χ1n) is 6.74. The van der Waals surface area contributed by atoms with E-state index in [1.807, 2.05) is 0 Å². The van der Waals surface area contributed by atoms with E-state index in [2.05, 4.69) is 10.3 Å². The number of benzene rings is 1. The van der Waals surface area contributed by atoms with E-state index in [4.69, 9.17) is 0 Å². The summed E-state index contributed by atoms with van der Waals surface area (Å²) in [6.07, 6.45) is -4.66. The lowest BCUT2D eigenvalue weighted by Crippen LogP contribution is -2.51. The molecule has 1 N–H and O–H groups in total. The molecule has 1 atom stereocenters. The Morgan fingerprint density at radius 3 is 2.30 bits per heavy atom. The Hall–Kier alpha value is -2.70. The smallest absolute Gasteiger partial charge is 0.291 e. The molecule has 3 rings (SSSR count). The van der Waals surface area contributed by atoms with Crippen molar-refractivity contribution in [2.75, 3.05) is 0 Å². The highest BCUT2D eigenvalue weighted by Crippen LogP contribution is 2.38. The molecule has 1 aliphatic heterocycles. The molecular weight excluding hydrogens is 309 g/mol. The molecular formula is C16H11F3N2O2. The molecule has 0 spiro atoms. The predicted molar refractivity (Wildman–Crippen MR) is 74.6 cm³/mol. The summed E-state index contributed by atoms with van der Waals surface area (Å²) in [5.41, 5.74) is -2.39. The fourth-order valence-electron chi connectivity index (χ4n) is 2.62. The summed E-state index contributed by atoms with van der Waals surface area (Å²) in [6, 6.07) is 10.1. The van der Waals surface area contributed by atoms with E-state index in [1.54, 1.807) is 30.3 Å². The minimum absolute atomic E-state index is 0.0380. The lowest BCUT2D eigenvalue weighted by atomic mass is 9.74. The molecule has 0 saturated carbocycles. The number of carbonyl (C=O) groups excluding carboxylic acids is 2. The van der Waals surface area contributed by atoms with Crippen molar-refractivity contribution in [2.24, 2.45) is 0 Å². The molecule has 1 aliphatic rings. The molecule has 1 aromatic heterocycles. The number of alkyl halides is 3. The Bertz CT molecular complexity index is 803. The molecule has 0 aliphatic carbocycles. The molecule has 118 valence electrons. The zero-order valence-electron chi connectivity index (χ0n) is 11.9. The lowest BCUT2D eigenvalue weighted by Gasteiger charge is -2.33. The molecule has 23 heavy (non-hydrogen) atoms. The highest BCUT2D eigenvalue weighted by molar-refractivity contribution is 6.13. The molecule has 0 saturated heterocycles. The van der Waals surface area contributed by atoms with Crippen molar-refractivity contribution >= 4 is 11.8 Å². The van der Waals surface area contributed by atoms with Crippen LogP contribution in [0.25, 0.3) is 0 Å². The van der Waals surface area contributed by atoms with Crippen molar-refractivity contribution in [1.29, 1.82) is 0 Å². The molecule has 2 aromatic rings. The van der Waals surface area contributed by atoms with E-state index in [-0.39, 0.29) is 11.3 Å². The zero-order valence-corrected chi connectivity index (χ0v) is 11.9. The molecule has 0 fully saturated rings. The average Bonchev–Trinajstić information content (AvgIpc) is 2.52. The third-order valence-corrected chi connectivity index (χ3v) is 3.94. The Kier molecular flexibility index (Phi) is 3.24. The lowest BCUT2D eigenvalue weighted by molar-refractivity contribution is -0.141. The summed E-state index contributed by atoms with van der Waals surface area (Å²) in [7, 11) is 0. The number of nitrogens with one attached hydrogen (secondary N) is 1.